The Balaban J connectivity index is 1.66. The SMILES string of the molecule is O=C(C[C@H](c1ccc(Cl)cc1)c1c[nH]c2ccc([N+](=O)[O-])cc12)NCc1ccncc1. The summed E-state index contributed by atoms with van der Waals surface area (Å²) in [5.74, 6) is -0.429. The number of hydrogen-bond acceptors (Lipinski definition) is 4. The third-order valence-electron chi connectivity index (χ3n) is 5.18. The lowest BCUT2D eigenvalue weighted by Gasteiger charge is -2.17. The van der Waals surface area contributed by atoms with Crippen molar-refractivity contribution in [3.8, 4) is 0 Å². The molecule has 0 aliphatic carbocycles. The van der Waals surface area contributed by atoms with Gasteiger partial charge in [-0.2, -0.15) is 0 Å². The molecule has 0 fully saturated rings. The summed E-state index contributed by atoms with van der Waals surface area (Å²) in [6.07, 6.45) is 5.35. The lowest BCUT2D eigenvalue weighted by molar-refractivity contribution is -0.384. The van der Waals surface area contributed by atoms with Crippen LogP contribution in [0.4, 0.5) is 5.69 Å². The molecule has 1 atom stereocenters. The van der Waals surface area contributed by atoms with Gasteiger partial charge in [-0.1, -0.05) is 23.7 Å². The number of fused-ring (bicyclic) bond motifs is 1. The van der Waals surface area contributed by atoms with Crippen molar-refractivity contribution < 1.29 is 9.72 Å². The van der Waals surface area contributed by atoms with E-state index < -0.39 is 4.92 Å². The van der Waals surface area contributed by atoms with Crippen molar-refractivity contribution in [2.24, 2.45) is 0 Å². The largest absolute Gasteiger partial charge is 0.361 e. The van der Waals surface area contributed by atoms with Crippen LogP contribution >= 0.6 is 11.6 Å². The number of non-ortho nitro benzene ring substituents is 1. The number of nitrogens with zero attached hydrogens (tertiary/aromatic N) is 2. The minimum absolute atomic E-state index is 0.00495. The number of pyridine rings is 1. The molecule has 0 radical (unpaired) electrons. The molecule has 2 heterocycles. The molecular weight excluding hydrogens is 416 g/mol. The monoisotopic (exact) mass is 434 g/mol. The molecule has 0 bridgehead atoms. The van der Waals surface area contributed by atoms with Crippen LogP contribution in [0.1, 0.15) is 29.0 Å². The van der Waals surface area contributed by atoms with Crippen LogP contribution in [-0.2, 0) is 11.3 Å². The van der Waals surface area contributed by atoms with Gasteiger partial charge in [0.1, 0.15) is 0 Å². The molecule has 0 saturated heterocycles. The van der Waals surface area contributed by atoms with E-state index in [1.165, 1.54) is 6.07 Å². The van der Waals surface area contributed by atoms with E-state index in [1.54, 1.807) is 36.7 Å². The average Bonchev–Trinajstić information content (AvgIpc) is 3.20. The maximum Gasteiger partial charge on any atom is 0.270 e. The molecule has 0 spiro atoms. The van der Waals surface area contributed by atoms with Crippen LogP contribution in [0.2, 0.25) is 5.02 Å². The highest BCUT2D eigenvalue weighted by Gasteiger charge is 2.22. The molecule has 4 rings (SSSR count). The molecule has 4 aromatic rings. The average molecular weight is 435 g/mol. The summed E-state index contributed by atoms with van der Waals surface area (Å²) < 4.78 is 0. The molecule has 8 heteroatoms. The number of nitrogens with one attached hydrogen (secondary N) is 2. The van der Waals surface area contributed by atoms with Gasteiger partial charge in [0.15, 0.2) is 0 Å². The van der Waals surface area contributed by atoms with Gasteiger partial charge in [0.05, 0.1) is 4.92 Å². The van der Waals surface area contributed by atoms with Gasteiger partial charge in [-0.3, -0.25) is 19.9 Å². The van der Waals surface area contributed by atoms with Gasteiger partial charge < -0.3 is 10.3 Å². The number of amides is 1. The van der Waals surface area contributed by atoms with Gasteiger partial charge >= 0.3 is 0 Å². The molecule has 0 aliphatic rings. The zero-order valence-corrected chi connectivity index (χ0v) is 17.2. The number of halogens is 1. The van der Waals surface area contributed by atoms with Gasteiger partial charge in [-0.05, 0) is 47.0 Å². The van der Waals surface area contributed by atoms with E-state index >= 15 is 0 Å². The number of nitro benzene ring substituents is 1. The molecule has 2 N–H and O–H groups in total. The zero-order chi connectivity index (χ0) is 21.8. The number of hydrogen-bond donors (Lipinski definition) is 2. The van der Waals surface area contributed by atoms with Crippen molar-refractivity contribution in [3.63, 3.8) is 0 Å². The maximum absolute atomic E-state index is 12.8. The summed E-state index contributed by atoms with van der Waals surface area (Å²) >= 11 is 6.05. The number of carbonyl (C=O) groups excluding carboxylic acids is 1. The third kappa shape index (κ3) is 4.73. The van der Waals surface area contributed by atoms with Crippen LogP contribution in [0.5, 0.6) is 0 Å². The van der Waals surface area contributed by atoms with E-state index in [1.807, 2.05) is 30.5 Å². The molecule has 0 aliphatic heterocycles. The molecule has 31 heavy (non-hydrogen) atoms. The normalized spacial score (nSPS) is 11.9. The minimum Gasteiger partial charge on any atom is -0.361 e. The van der Waals surface area contributed by atoms with Crippen molar-refractivity contribution in [1.82, 2.24) is 15.3 Å². The van der Waals surface area contributed by atoms with Gasteiger partial charge in [0.25, 0.3) is 5.69 Å². The molecule has 0 saturated carbocycles. The van der Waals surface area contributed by atoms with Crippen molar-refractivity contribution in [3.05, 3.63) is 105 Å². The lowest BCUT2D eigenvalue weighted by Crippen LogP contribution is -2.25. The fourth-order valence-electron chi connectivity index (χ4n) is 3.59. The first-order valence-corrected chi connectivity index (χ1v) is 10.1. The van der Waals surface area contributed by atoms with Crippen molar-refractivity contribution in [2.75, 3.05) is 0 Å². The van der Waals surface area contributed by atoms with E-state index in [2.05, 4.69) is 15.3 Å². The van der Waals surface area contributed by atoms with Crippen molar-refractivity contribution in [2.45, 2.75) is 18.9 Å². The van der Waals surface area contributed by atoms with Crippen molar-refractivity contribution in [1.29, 1.82) is 0 Å². The molecule has 1 amide bonds. The molecule has 2 aromatic heterocycles. The first kappa shape index (κ1) is 20.6. The molecule has 0 unspecified atom stereocenters. The van der Waals surface area contributed by atoms with Crippen LogP contribution < -0.4 is 5.32 Å². The zero-order valence-electron chi connectivity index (χ0n) is 16.4. The second kappa shape index (κ2) is 8.97. The van der Waals surface area contributed by atoms with Gasteiger partial charge in [0, 0.05) is 65.5 Å². The Morgan fingerprint density at radius 2 is 1.87 bits per heavy atom. The summed E-state index contributed by atoms with van der Waals surface area (Å²) in [5, 5.41) is 15.5. The first-order valence-electron chi connectivity index (χ1n) is 9.68. The summed E-state index contributed by atoms with van der Waals surface area (Å²) in [5.41, 5.74) is 3.45. The number of aromatic amines is 1. The topological polar surface area (TPSA) is 101 Å². The number of aromatic nitrogens is 2. The number of benzene rings is 2. The lowest BCUT2D eigenvalue weighted by atomic mass is 9.88. The van der Waals surface area contributed by atoms with Crippen LogP contribution in [0, 0.1) is 10.1 Å². The van der Waals surface area contributed by atoms with E-state index in [0.29, 0.717) is 11.6 Å². The minimum atomic E-state index is -0.422. The summed E-state index contributed by atoms with van der Waals surface area (Å²) in [6, 6.07) is 15.7. The second-order valence-corrected chi connectivity index (χ2v) is 7.61. The summed E-state index contributed by atoms with van der Waals surface area (Å²) in [6.45, 7) is 0.397. The molecule has 2 aromatic carbocycles. The van der Waals surface area contributed by atoms with Gasteiger partial charge in [-0.25, -0.2) is 0 Å². The quantitative estimate of drug-likeness (QED) is 0.317. The first-order chi connectivity index (χ1) is 15.0. The fourth-order valence-corrected chi connectivity index (χ4v) is 3.72. The third-order valence-corrected chi connectivity index (χ3v) is 5.44. The number of nitro groups is 1. The Bertz CT molecular complexity index is 1220. The number of rotatable bonds is 7. The maximum atomic E-state index is 12.8. The van der Waals surface area contributed by atoms with Crippen LogP contribution in [-0.4, -0.2) is 20.8 Å². The Morgan fingerprint density at radius 3 is 2.58 bits per heavy atom. The summed E-state index contributed by atoms with van der Waals surface area (Å²) in [7, 11) is 0. The highest BCUT2D eigenvalue weighted by atomic mass is 35.5. The van der Waals surface area contributed by atoms with E-state index in [-0.39, 0.29) is 23.9 Å². The molecule has 156 valence electrons. The van der Waals surface area contributed by atoms with E-state index in [4.69, 9.17) is 11.6 Å². The van der Waals surface area contributed by atoms with Crippen LogP contribution in [0.15, 0.2) is 73.2 Å². The number of H-pyrrole nitrogens is 1. The summed E-state index contributed by atoms with van der Waals surface area (Å²) in [4.78, 5) is 30.8. The van der Waals surface area contributed by atoms with E-state index in [9.17, 15) is 14.9 Å². The van der Waals surface area contributed by atoms with Crippen LogP contribution in [0.25, 0.3) is 10.9 Å². The van der Waals surface area contributed by atoms with Crippen LogP contribution in [0.3, 0.4) is 0 Å². The predicted octanol–water partition coefficient (Wildman–Crippen LogP) is 4.96. The predicted molar refractivity (Wildman–Crippen MR) is 119 cm³/mol. The van der Waals surface area contributed by atoms with Gasteiger partial charge in [-0.15, -0.1) is 0 Å². The Hall–Kier alpha value is -3.71. The molecule has 7 nitrogen and oxygen atoms in total. The standard InChI is InChI=1S/C23H19ClN4O3/c24-17-3-1-16(2-4-17)19(12-23(29)27-13-15-7-9-25-10-8-15)21-14-26-22-6-5-18(28(30)31)11-20(21)22/h1-11,14,19,26H,12-13H2,(H,27,29)/t19-/m1/s1. The Morgan fingerprint density at radius 1 is 1.13 bits per heavy atom. The Kier molecular flexibility index (Phi) is 5.95. The van der Waals surface area contributed by atoms with Crippen molar-refractivity contribution >= 4 is 34.1 Å². The molecular formula is C23H19ClN4O3. The highest BCUT2D eigenvalue weighted by Crippen LogP contribution is 2.35. The number of carbonyl (C=O) groups is 1. The second-order valence-electron chi connectivity index (χ2n) is 7.17. The highest BCUT2D eigenvalue weighted by molar-refractivity contribution is 6.30. The van der Waals surface area contributed by atoms with Gasteiger partial charge in [0.2, 0.25) is 5.91 Å². The Labute approximate surface area is 183 Å². The van der Waals surface area contributed by atoms with E-state index in [0.717, 1.165) is 27.6 Å². The fraction of sp³-hybridized carbons (Fsp3) is 0.130. The smallest absolute Gasteiger partial charge is 0.270 e.